The number of carbonyl (C=O) groups is 1. The van der Waals surface area contributed by atoms with Gasteiger partial charge in [-0.25, -0.2) is 22.5 Å². The number of nitro groups is 1. The zero-order chi connectivity index (χ0) is 54.9. The highest BCUT2D eigenvalue weighted by atomic mass is 32.2. The lowest BCUT2D eigenvalue weighted by Gasteiger charge is -2.58. The van der Waals surface area contributed by atoms with Gasteiger partial charge in [0.05, 0.1) is 41.4 Å². The Balaban J connectivity index is 0.862. The number of fused-ring (bicyclic) bond motifs is 1. The number of hydrogen-bond acceptors (Lipinski definition) is 15. The number of aliphatic hydroxyl groups is 1. The van der Waals surface area contributed by atoms with Gasteiger partial charge in [0, 0.05) is 88.0 Å². The van der Waals surface area contributed by atoms with E-state index in [1.54, 1.807) is 33.1 Å². The molecule has 2 saturated heterocycles. The van der Waals surface area contributed by atoms with Gasteiger partial charge in [0.15, 0.2) is 5.75 Å². The minimum atomic E-state index is -4.75. The minimum absolute atomic E-state index is 0.00702. The van der Waals surface area contributed by atoms with Crippen LogP contribution >= 0.6 is 0 Å². The molecule has 3 aromatic heterocycles. The number of piperidine rings is 1. The number of hydrogen-bond donors (Lipinski definition) is 4. The van der Waals surface area contributed by atoms with Gasteiger partial charge in [-0.15, -0.1) is 0 Å². The highest BCUT2D eigenvalue weighted by Gasteiger charge is 2.50. The molecule has 10 rings (SSSR count). The van der Waals surface area contributed by atoms with Crippen LogP contribution in [0.15, 0.2) is 96.2 Å². The van der Waals surface area contributed by atoms with E-state index in [-0.39, 0.29) is 63.8 Å². The second-order valence-corrected chi connectivity index (χ2v) is 23.9. The number of aromatic nitrogens is 3. The number of halogens is 1. The molecule has 1 amide bonds. The van der Waals surface area contributed by atoms with Crippen LogP contribution in [0.1, 0.15) is 118 Å². The van der Waals surface area contributed by atoms with E-state index in [2.05, 4.69) is 89.9 Å². The number of anilines is 2. The number of nitrogens with zero attached hydrogens (tertiary/aromatic N) is 6. The second-order valence-electron chi connectivity index (χ2n) is 22.3. The fourth-order valence-corrected chi connectivity index (χ4v) is 13.0. The summed E-state index contributed by atoms with van der Waals surface area (Å²) in [4.78, 5) is 44.1. The van der Waals surface area contributed by atoms with Crippen LogP contribution in [0.2, 0.25) is 0 Å². The fourth-order valence-electron chi connectivity index (χ4n) is 12.1. The van der Waals surface area contributed by atoms with Gasteiger partial charge in [-0.2, -0.15) is 4.98 Å². The summed E-state index contributed by atoms with van der Waals surface area (Å²) in [5, 5.41) is 25.7. The molecule has 0 radical (unpaired) electrons. The van der Waals surface area contributed by atoms with Crippen LogP contribution in [-0.2, 0) is 16.6 Å². The van der Waals surface area contributed by atoms with E-state index in [0.29, 0.717) is 44.2 Å². The van der Waals surface area contributed by atoms with E-state index in [1.165, 1.54) is 28.8 Å². The van der Waals surface area contributed by atoms with E-state index in [0.717, 1.165) is 94.8 Å². The van der Waals surface area contributed by atoms with Crippen molar-refractivity contribution in [1.82, 2.24) is 29.5 Å². The molecule has 78 heavy (non-hydrogen) atoms. The summed E-state index contributed by atoms with van der Waals surface area (Å²) < 4.78 is 62.6. The maximum Gasteiger partial charge on any atom is 0.312 e. The van der Waals surface area contributed by atoms with Gasteiger partial charge in [0.2, 0.25) is 5.82 Å². The fraction of sp³-hybridized carbons (Fsp3) is 0.466. The molecule has 2 saturated carbocycles. The van der Waals surface area contributed by atoms with Gasteiger partial charge >= 0.3 is 5.69 Å². The molecule has 5 heterocycles. The summed E-state index contributed by atoms with van der Waals surface area (Å²) in [5.41, 5.74) is 3.67. The van der Waals surface area contributed by atoms with Crippen LogP contribution < -0.4 is 29.1 Å². The highest BCUT2D eigenvalue weighted by molar-refractivity contribution is 7.90. The molecule has 18 nitrogen and oxygen atoms in total. The molecule has 2 aliphatic carbocycles. The zero-order valence-corrected chi connectivity index (χ0v) is 45.8. The molecular weight excluding hydrogens is 1020 g/mol. The van der Waals surface area contributed by atoms with Crippen molar-refractivity contribution in [3.63, 3.8) is 0 Å². The summed E-state index contributed by atoms with van der Waals surface area (Å²) in [6.07, 6.45) is 8.81. The number of ether oxygens (including phenoxy) is 3. The van der Waals surface area contributed by atoms with Crippen molar-refractivity contribution in [3.8, 4) is 23.1 Å². The first-order chi connectivity index (χ1) is 37.4. The molecule has 3 aromatic carbocycles. The molecule has 0 bridgehead atoms. The lowest BCUT2D eigenvalue weighted by atomic mass is 9.59. The number of pyridine rings is 2. The predicted octanol–water partition coefficient (Wildman–Crippen LogP) is 10.1. The van der Waals surface area contributed by atoms with Crippen LogP contribution in [0.3, 0.4) is 0 Å². The second kappa shape index (κ2) is 22.5. The van der Waals surface area contributed by atoms with Crippen molar-refractivity contribution >= 4 is 44.2 Å². The number of carbonyl (C=O) groups excluding carboxylic acids is 1. The molecule has 1 spiro atoms. The molecule has 2 aliphatic heterocycles. The van der Waals surface area contributed by atoms with E-state index >= 15 is 4.39 Å². The predicted molar refractivity (Wildman–Crippen MR) is 296 cm³/mol. The number of rotatable bonds is 18. The molecule has 4 fully saturated rings. The summed E-state index contributed by atoms with van der Waals surface area (Å²) in [5.74, 6) is -0.439. The SMILES string of the molecule is CCOc1nc2[nH]cc(F)c2cc1Oc1cc(N2CCC3(CC2)CC(N2CCN(Cc4ccc(OC)cc4)C[C@H]2c2ccccc2C(C)C)C3)ccc1C(=O)NS(=O)(=O)c1cnc(NCC2CCC(C)(O)CC2)c([N+](=O)[O-])c1. The third kappa shape index (κ3) is 11.8. The Hall–Kier alpha value is -6.87. The van der Waals surface area contributed by atoms with Crippen LogP contribution in [0.4, 0.5) is 21.6 Å². The summed E-state index contributed by atoms with van der Waals surface area (Å²) in [6, 6.07) is 25.2. The lowest BCUT2D eigenvalue weighted by molar-refractivity contribution is -0.384. The van der Waals surface area contributed by atoms with Crippen molar-refractivity contribution in [2.24, 2.45) is 11.3 Å². The molecular formula is C58H70FN9O9S. The Morgan fingerprint density at radius 3 is 2.44 bits per heavy atom. The van der Waals surface area contributed by atoms with Gasteiger partial charge in [-0.3, -0.25) is 24.7 Å². The maximum atomic E-state index is 15.0. The zero-order valence-electron chi connectivity index (χ0n) is 45.0. The number of nitrogens with one attached hydrogen (secondary N) is 3. The van der Waals surface area contributed by atoms with Crippen LogP contribution in [0, 0.1) is 27.3 Å². The summed E-state index contributed by atoms with van der Waals surface area (Å²) in [6.45, 7) is 13.8. The monoisotopic (exact) mass is 1090 g/mol. The first-order valence-corrected chi connectivity index (χ1v) is 28.6. The minimum Gasteiger partial charge on any atom is -0.497 e. The van der Waals surface area contributed by atoms with Gasteiger partial charge < -0.3 is 34.5 Å². The molecule has 0 unspecified atom stereocenters. The quantitative estimate of drug-likeness (QED) is 0.0465. The largest absolute Gasteiger partial charge is 0.497 e. The first-order valence-electron chi connectivity index (χ1n) is 27.2. The molecule has 6 aromatic rings. The number of benzene rings is 3. The topological polar surface area (TPSA) is 218 Å². The summed E-state index contributed by atoms with van der Waals surface area (Å²) >= 11 is 0. The third-order valence-corrected chi connectivity index (χ3v) is 17.9. The van der Waals surface area contributed by atoms with Crippen molar-refractivity contribution < 1.29 is 41.8 Å². The van der Waals surface area contributed by atoms with Gasteiger partial charge in [-0.1, -0.05) is 50.2 Å². The Morgan fingerprint density at radius 1 is 0.987 bits per heavy atom. The standard InChI is InChI=1S/C58H70FN9O9S/c1-6-76-56-52(29-47-48(59)34-62-53(47)63-56)77-51-27-40(13-16-46(51)55(69)64-78(73,74)43-28-49(68(71)72)54(61-33-43)60-32-38-17-19-57(4,70)20-18-38)66-23-21-58(22-24-66)30-41(31-58)67-26-25-65(35-39-11-14-42(75-5)15-12-39)36-50(67)45-10-8-7-9-44(45)37(2)3/h7-16,27-29,33-34,37-38,41,50,70H,6,17-26,30-32,35-36H2,1-5H3,(H,60,61)(H,62,63)(H,64,69)/t38?,50-,57?/m0/s1. The molecule has 4 N–H and O–H groups in total. The van der Waals surface area contributed by atoms with Crippen LogP contribution in [-0.4, -0.2) is 114 Å². The third-order valence-electron chi connectivity index (χ3n) is 16.6. The number of aromatic amines is 1. The smallest absolute Gasteiger partial charge is 0.312 e. The molecule has 4 aliphatic rings. The lowest BCUT2D eigenvalue weighted by Crippen LogP contribution is -2.60. The van der Waals surface area contributed by atoms with E-state index in [9.17, 15) is 28.4 Å². The Labute approximate surface area is 454 Å². The summed E-state index contributed by atoms with van der Waals surface area (Å²) in [7, 11) is -3.06. The highest BCUT2D eigenvalue weighted by Crippen LogP contribution is 2.53. The average Bonchev–Trinajstić information content (AvgIpc) is 3.86. The normalized spacial score (nSPS) is 21.1. The van der Waals surface area contributed by atoms with Gasteiger partial charge in [0.1, 0.15) is 27.9 Å². The Morgan fingerprint density at radius 2 is 1.73 bits per heavy atom. The number of H-pyrrole nitrogens is 1. The molecule has 1 atom stereocenters. The average molecular weight is 1090 g/mol. The Bertz CT molecular complexity index is 3260. The van der Waals surface area contributed by atoms with Crippen molar-refractivity contribution in [1.29, 1.82) is 0 Å². The molecule has 414 valence electrons. The van der Waals surface area contributed by atoms with Crippen molar-refractivity contribution in [2.45, 2.75) is 114 Å². The first kappa shape index (κ1) is 54.5. The van der Waals surface area contributed by atoms with E-state index < -0.39 is 42.9 Å². The van der Waals surface area contributed by atoms with Gasteiger partial charge in [-0.05, 0) is 123 Å². The number of amides is 1. The van der Waals surface area contributed by atoms with E-state index in [4.69, 9.17) is 14.2 Å². The Kier molecular flexibility index (Phi) is 15.7. The van der Waals surface area contributed by atoms with Gasteiger partial charge in [0.25, 0.3) is 21.8 Å². The number of sulfonamides is 1. The molecule has 20 heteroatoms. The van der Waals surface area contributed by atoms with Crippen LogP contribution in [0.25, 0.3) is 11.0 Å². The maximum absolute atomic E-state index is 15.0. The van der Waals surface area contributed by atoms with Crippen molar-refractivity contribution in [3.05, 3.63) is 129 Å². The number of piperazine rings is 1. The number of methoxy groups -OCH3 is 1. The van der Waals surface area contributed by atoms with Crippen molar-refractivity contribution in [2.75, 3.05) is 63.2 Å². The van der Waals surface area contributed by atoms with Crippen LogP contribution in [0.5, 0.6) is 23.1 Å². The van der Waals surface area contributed by atoms with E-state index in [1.807, 2.05) is 12.1 Å².